The fourth-order valence-corrected chi connectivity index (χ4v) is 8.71. The number of rotatable bonds is 9. The number of nitrogens with zero attached hydrogens (tertiary/aromatic N) is 3. The lowest BCUT2D eigenvalue weighted by molar-refractivity contribution is -0.137. The molecule has 0 unspecified atom stereocenters. The number of aromatic nitrogens is 1. The van der Waals surface area contributed by atoms with Crippen LogP contribution in [0.5, 0.6) is 0 Å². The predicted octanol–water partition coefficient (Wildman–Crippen LogP) is 8.31. The summed E-state index contributed by atoms with van der Waals surface area (Å²) in [5.41, 5.74) is 1.27. The summed E-state index contributed by atoms with van der Waals surface area (Å²) >= 11 is 6.54. The number of carbonyl (C=O) groups excluding carboxylic acids is 1. The lowest BCUT2D eigenvalue weighted by atomic mass is 9.93. The summed E-state index contributed by atoms with van der Waals surface area (Å²) in [7, 11) is -3.80. The third-order valence-corrected chi connectivity index (χ3v) is 12.2. The summed E-state index contributed by atoms with van der Waals surface area (Å²) in [6.45, 7) is 7.25. The fourth-order valence-electron chi connectivity index (χ4n) is 7.24. The molecule has 6 rings (SSSR count). The Morgan fingerprint density at radius 2 is 1.68 bits per heavy atom. The van der Waals surface area contributed by atoms with E-state index in [0.717, 1.165) is 56.7 Å². The number of likely N-dealkylation sites (tertiary alicyclic amines) is 2. The van der Waals surface area contributed by atoms with Crippen LogP contribution in [0.25, 0.3) is 22.2 Å². The molecule has 1 N–H and O–H groups in total. The molecule has 0 bridgehead atoms. The lowest BCUT2D eigenvalue weighted by Crippen LogP contribution is -2.46. The zero-order chi connectivity index (χ0) is 35.6. The molecule has 1 atom stereocenters. The van der Waals surface area contributed by atoms with Crippen LogP contribution in [0, 0.1) is 0 Å². The Morgan fingerprint density at radius 1 is 0.980 bits per heavy atom. The van der Waals surface area contributed by atoms with Crippen LogP contribution in [0.15, 0.2) is 71.6 Å². The number of hydrogen-bond acceptors (Lipinski definition) is 6. The van der Waals surface area contributed by atoms with Gasteiger partial charge >= 0.3 is 6.18 Å². The van der Waals surface area contributed by atoms with Crippen molar-refractivity contribution in [2.45, 2.75) is 75.7 Å². The van der Waals surface area contributed by atoms with Gasteiger partial charge < -0.3 is 10.2 Å². The van der Waals surface area contributed by atoms with Gasteiger partial charge in [0.05, 0.1) is 44.1 Å². The SMILES string of the molecule is CCS(=O)(=O)c1cc2c(C(=O)N[C@@H](C)c3ccccc3)c(CN3CCC(N4CCCCC4)CC3)c(-c3cccc(C(F)(F)F)c3)nc2cc1Cl. The number of nitrogens with one attached hydrogen (secondary N) is 1. The molecule has 266 valence electrons. The molecular weight excluding hydrogens is 685 g/mol. The van der Waals surface area contributed by atoms with E-state index in [-0.39, 0.29) is 49.9 Å². The Kier molecular flexibility index (Phi) is 10.9. The zero-order valence-electron chi connectivity index (χ0n) is 28.3. The van der Waals surface area contributed by atoms with E-state index in [0.29, 0.717) is 11.6 Å². The number of hydrogen-bond donors (Lipinski definition) is 1. The maximum absolute atomic E-state index is 14.6. The van der Waals surface area contributed by atoms with E-state index < -0.39 is 33.5 Å². The average Bonchev–Trinajstić information content (AvgIpc) is 3.11. The number of amides is 1. The first-order chi connectivity index (χ1) is 23.9. The molecule has 4 aromatic rings. The second-order valence-electron chi connectivity index (χ2n) is 13.3. The first-order valence-electron chi connectivity index (χ1n) is 17.2. The van der Waals surface area contributed by atoms with Crippen LogP contribution in [0.2, 0.25) is 5.02 Å². The minimum absolute atomic E-state index is 0.0709. The molecule has 0 radical (unpaired) electrons. The van der Waals surface area contributed by atoms with Crippen molar-refractivity contribution >= 4 is 38.2 Å². The lowest BCUT2D eigenvalue weighted by Gasteiger charge is -2.40. The van der Waals surface area contributed by atoms with Gasteiger partial charge in [-0.15, -0.1) is 0 Å². The van der Waals surface area contributed by atoms with E-state index in [1.54, 1.807) is 6.07 Å². The van der Waals surface area contributed by atoms with Gasteiger partial charge in [-0.25, -0.2) is 13.4 Å². The highest BCUT2D eigenvalue weighted by Gasteiger charge is 2.33. The Morgan fingerprint density at radius 3 is 2.34 bits per heavy atom. The van der Waals surface area contributed by atoms with Crippen molar-refractivity contribution in [3.05, 3.63) is 94.0 Å². The molecule has 1 amide bonds. The highest BCUT2D eigenvalue weighted by molar-refractivity contribution is 7.91. The molecule has 3 aromatic carbocycles. The monoisotopic (exact) mass is 726 g/mol. The number of sulfone groups is 1. The number of alkyl halides is 3. The van der Waals surface area contributed by atoms with Gasteiger partial charge in [-0.2, -0.15) is 13.2 Å². The fraction of sp³-hybridized carbons (Fsp3) is 0.421. The quantitative estimate of drug-likeness (QED) is 0.187. The van der Waals surface area contributed by atoms with Gasteiger partial charge in [-0.05, 0) is 88.6 Å². The standard InChI is InChI=1S/C38H42ClF3N4O3S/c1-3-50(48,49)34-22-30-33(23-32(34)39)44-36(27-13-10-14-28(21-27)38(40,41)42)31(35(30)37(47)43-25(2)26-11-6-4-7-12-26)24-45-19-15-29(16-20-45)46-17-8-5-9-18-46/h4,6-7,10-14,21-23,25,29H,3,5,8-9,15-20,24H2,1-2H3,(H,43,47)/t25-/m0/s1. The molecule has 50 heavy (non-hydrogen) atoms. The third-order valence-electron chi connectivity index (χ3n) is 10.0. The third kappa shape index (κ3) is 7.86. The van der Waals surface area contributed by atoms with Crippen molar-refractivity contribution in [1.82, 2.24) is 20.1 Å². The first kappa shape index (κ1) is 36.3. The molecule has 7 nitrogen and oxygen atoms in total. The molecule has 2 aliphatic heterocycles. The largest absolute Gasteiger partial charge is 0.416 e. The van der Waals surface area contributed by atoms with Gasteiger partial charge in [0.25, 0.3) is 5.91 Å². The van der Waals surface area contributed by atoms with Gasteiger partial charge in [-0.3, -0.25) is 9.69 Å². The second-order valence-corrected chi connectivity index (χ2v) is 16.0. The Bertz CT molecular complexity index is 1960. The molecule has 12 heteroatoms. The number of benzene rings is 3. The highest BCUT2D eigenvalue weighted by Crippen LogP contribution is 2.38. The maximum Gasteiger partial charge on any atom is 0.416 e. The topological polar surface area (TPSA) is 82.6 Å². The Labute approximate surface area is 296 Å². The molecule has 2 aliphatic rings. The van der Waals surface area contributed by atoms with Crippen molar-refractivity contribution in [3.63, 3.8) is 0 Å². The van der Waals surface area contributed by atoms with Gasteiger partial charge in [0, 0.05) is 29.1 Å². The summed E-state index contributed by atoms with van der Waals surface area (Å²) in [4.78, 5) is 24.1. The first-order valence-corrected chi connectivity index (χ1v) is 19.3. The highest BCUT2D eigenvalue weighted by atomic mass is 35.5. The van der Waals surface area contributed by atoms with Crippen LogP contribution in [-0.2, 0) is 22.6 Å². The van der Waals surface area contributed by atoms with Crippen molar-refractivity contribution in [2.24, 2.45) is 0 Å². The van der Waals surface area contributed by atoms with Gasteiger partial charge in [0.15, 0.2) is 9.84 Å². The Hall–Kier alpha value is -3.51. The van der Waals surface area contributed by atoms with Crippen LogP contribution >= 0.6 is 11.6 Å². The number of pyridine rings is 1. The molecule has 0 spiro atoms. The predicted molar refractivity (Wildman–Crippen MR) is 191 cm³/mol. The molecule has 3 heterocycles. The van der Waals surface area contributed by atoms with Crippen molar-refractivity contribution in [1.29, 1.82) is 0 Å². The van der Waals surface area contributed by atoms with Crippen LogP contribution in [0.3, 0.4) is 0 Å². The molecular formula is C38H42ClF3N4O3S. The zero-order valence-corrected chi connectivity index (χ0v) is 29.8. The number of carbonyl (C=O) groups is 1. The van der Waals surface area contributed by atoms with E-state index in [2.05, 4.69) is 15.1 Å². The van der Waals surface area contributed by atoms with Gasteiger partial charge in [-0.1, -0.05) is 67.4 Å². The van der Waals surface area contributed by atoms with E-state index in [4.69, 9.17) is 16.6 Å². The summed E-state index contributed by atoms with van der Waals surface area (Å²) in [6.07, 6.45) is 0.915. The average molecular weight is 727 g/mol. The summed E-state index contributed by atoms with van der Waals surface area (Å²) in [5.74, 6) is -0.693. The van der Waals surface area contributed by atoms with E-state index in [1.165, 1.54) is 44.4 Å². The summed E-state index contributed by atoms with van der Waals surface area (Å²) in [5, 5.41) is 3.28. The smallest absolute Gasteiger partial charge is 0.345 e. The Balaban J connectivity index is 1.52. The number of fused-ring (bicyclic) bond motifs is 1. The molecule has 1 aromatic heterocycles. The van der Waals surface area contributed by atoms with E-state index in [1.807, 2.05) is 37.3 Å². The molecule has 2 saturated heterocycles. The van der Waals surface area contributed by atoms with Crippen molar-refractivity contribution < 1.29 is 26.4 Å². The maximum atomic E-state index is 14.6. The van der Waals surface area contributed by atoms with Crippen molar-refractivity contribution in [3.8, 4) is 11.3 Å². The number of piperidine rings is 2. The minimum atomic E-state index is -4.60. The molecule has 0 saturated carbocycles. The van der Waals surface area contributed by atoms with Crippen LogP contribution in [-0.4, -0.2) is 67.1 Å². The second kappa shape index (κ2) is 15.0. The van der Waals surface area contributed by atoms with Crippen LogP contribution in [0.4, 0.5) is 13.2 Å². The van der Waals surface area contributed by atoms with Gasteiger partial charge in [0.1, 0.15) is 0 Å². The molecule has 2 fully saturated rings. The van der Waals surface area contributed by atoms with Crippen LogP contribution in [0.1, 0.15) is 79.0 Å². The van der Waals surface area contributed by atoms with E-state index >= 15 is 0 Å². The minimum Gasteiger partial charge on any atom is -0.345 e. The molecule has 0 aliphatic carbocycles. The summed E-state index contributed by atoms with van der Waals surface area (Å²) in [6, 6.07) is 17.2. The normalized spacial score (nSPS) is 17.6. The van der Waals surface area contributed by atoms with Crippen molar-refractivity contribution in [2.75, 3.05) is 31.9 Å². The van der Waals surface area contributed by atoms with Gasteiger partial charge in [0.2, 0.25) is 0 Å². The number of halogens is 4. The van der Waals surface area contributed by atoms with Crippen LogP contribution < -0.4 is 5.32 Å². The van der Waals surface area contributed by atoms with E-state index in [9.17, 15) is 26.4 Å². The summed E-state index contributed by atoms with van der Waals surface area (Å²) < 4.78 is 68.3.